The van der Waals surface area contributed by atoms with Crippen LogP contribution >= 0.6 is 0 Å². The van der Waals surface area contributed by atoms with Crippen molar-refractivity contribution in [1.82, 2.24) is 5.32 Å². The normalized spacial score (nSPS) is 13.8. The molecule has 0 saturated carbocycles. The second-order valence-corrected chi connectivity index (χ2v) is 18.6. The molecular weight excluding hydrogens is 819 g/mol. The predicted molar refractivity (Wildman–Crippen MR) is 299 cm³/mol. The molecule has 3 N–H and O–H groups in total. The Labute approximate surface area is 416 Å². The Morgan fingerprint density at radius 1 is 0.373 bits per heavy atom. The van der Waals surface area contributed by atoms with E-state index >= 15 is 0 Å². The zero-order valence-electron chi connectivity index (χ0n) is 43.9. The van der Waals surface area contributed by atoms with Gasteiger partial charge in [-0.15, -0.1) is 0 Å². The number of hydrogen-bond acceptors (Lipinski definition) is 3. The lowest BCUT2D eigenvalue weighted by Crippen LogP contribution is -2.45. The summed E-state index contributed by atoms with van der Waals surface area (Å²) in [6, 6.07) is -0.638. The molecule has 0 aliphatic carbocycles. The van der Waals surface area contributed by atoms with E-state index in [-0.39, 0.29) is 12.5 Å². The maximum absolute atomic E-state index is 12.5. The molecule has 0 rings (SSSR count). The quantitative estimate of drug-likeness (QED) is 0.0421. The zero-order valence-corrected chi connectivity index (χ0v) is 43.9. The molecule has 0 spiro atoms. The molecule has 2 unspecified atom stereocenters. The van der Waals surface area contributed by atoms with E-state index in [9.17, 15) is 15.0 Å². The van der Waals surface area contributed by atoms with Crippen LogP contribution in [0.4, 0.5) is 0 Å². The molecule has 382 valence electrons. The van der Waals surface area contributed by atoms with Crippen molar-refractivity contribution >= 4 is 5.91 Å². The lowest BCUT2D eigenvalue weighted by Gasteiger charge is -2.20. The highest BCUT2D eigenvalue weighted by Gasteiger charge is 2.18. The van der Waals surface area contributed by atoms with Crippen LogP contribution < -0.4 is 5.32 Å². The van der Waals surface area contributed by atoms with Crippen molar-refractivity contribution in [3.63, 3.8) is 0 Å². The summed E-state index contributed by atoms with van der Waals surface area (Å²) < 4.78 is 0. The summed E-state index contributed by atoms with van der Waals surface area (Å²) in [5.74, 6) is -0.0788. The van der Waals surface area contributed by atoms with Crippen molar-refractivity contribution in [2.75, 3.05) is 6.61 Å². The Bertz CT molecular complexity index is 1330. The molecule has 4 heteroatoms. The molecule has 0 aliphatic heterocycles. The van der Waals surface area contributed by atoms with E-state index in [2.05, 4.69) is 129 Å². The summed E-state index contributed by atoms with van der Waals surface area (Å²) in [5.41, 5.74) is 0. The molecule has 0 saturated heterocycles. The maximum Gasteiger partial charge on any atom is 0.220 e. The second-order valence-electron chi connectivity index (χ2n) is 18.6. The number of carbonyl (C=O) groups is 1. The van der Waals surface area contributed by atoms with Crippen LogP contribution in [0.3, 0.4) is 0 Å². The predicted octanol–water partition coefficient (Wildman–Crippen LogP) is 18.9. The van der Waals surface area contributed by atoms with E-state index in [1.165, 1.54) is 135 Å². The highest BCUT2D eigenvalue weighted by molar-refractivity contribution is 5.76. The summed E-state index contributed by atoms with van der Waals surface area (Å²) in [6.07, 6.45) is 87.7. The number of rotatable bonds is 50. The Morgan fingerprint density at radius 3 is 0.985 bits per heavy atom. The van der Waals surface area contributed by atoms with E-state index in [0.29, 0.717) is 6.42 Å². The first-order chi connectivity index (χ1) is 33.2. The molecule has 1 amide bonds. The molecule has 4 nitrogen and oxygen atoms in total. The SMILES string of the molecule is CC/C=C\C/C=C\C/C=C\C/C=C\C/C=C\C/C=C\C/C=C\C/C=C\C/C=C\CCCCCCCCCC(=O)NC(CO)C(O)/C=C/CCCCCCCCCCCCCCCCCCCC. The van der Waals surface area contributed by atoms with Gasteiger partial charge in [0.15, 0.2) is 0 Å². The summed E-state index contributed by atoms with van der Waals surface area (Å²) in [6.45, 7) is 4.20. The molecular formula is C63H107NO3. The average molecular weight is 927 g/mol. The smallest absolute Gasteiger partial charge is 0.220 e. The topological polar surface area (TPSA) is 69.6 Å². The Hall–Kier alpha value is -3.21. The fourth-order valence-electron chi connectivity index (χ4n) is 7.94. The number of aliphatic hydroxyl groups is 2. The molecule has 0 aromatic carbocycles. The van der Waals surface area contributed by atoms with Crippen LogP contribution in [0.1, 0.15) is 251 Å². The van der Waals surface area contributed by atoms with Crippen LogP contribution in [0.15, 0.2) is 122 Å². The standard InChI is InChI=1S/C63H107NO3/c1-3-5-7-9-11-13-15-17-19-21-23-25-26-27-28-29-30-31-32-33-34-35-36-37-38-39-41-43-45-47-49-51-53-55-57-59-63(67)64-61(60-65)62(66)58-56-54-52-50-48-46-44-42-40-24-22-20-18-16-14-12-10-8-6-4-2/h5,7,11,13,17,19,23,25,27-28,30-31,33-34,36-37,39,41,56,58,61-62,65-66H,3-4,6,8-10,12,14-16,18,20-22,24,26,29,32,35,38,40,42-55,57,59-60H2,1-2H3,(H,64,67)/b7-5-,13-11-,19-17-,25-23-,28-27-,31-30-,34-33-,37-36-,41-39-,58-56+. The van der Waals surface area contributed by atoms with Crippen molar-refractivity contribution in [1.29, 1.82) is 0 Å². The zero-order chi connectivity index (χ0) is 48.5. The van der Waals surface area contributed by atoms with E-state index in [1.54, 1.807) is 6.08 Å². The van der Waals surface area contributed by atoms with Crippen LogP contribution in [0, 0.1) is 0 Å². The van der Waals surface area contributed by atoms with Gasteiger partial charge in [-0.2, -0.15) is 0 Å². The minimum atomic E-state index is -0.853. The second kappa shape index (κ2) is 57.1. The van der Waals surface area contributed by atoms with Crippen LogP contribution in [0.2, 0.25) is 0 Å². The molecule has 0 radical (unpaired) electrons. The first-order valence-electron chi connectivity index (χ1n) is 28.2. The Balaban J connectivity index is 3.64. The third-order valence-corrected chi connectivity index (χ3v) is 12.2. The van der Waals surface area contributed by atoms with E-state index < -0.39 is 12.1 Å². The van der Waals surface area contributed by atoms with E-state index in [1.807, 2.05) is 6.08 Å². The van der Waals surface area contributed by atoms with E-state index in [4.69, 9.17) is 0 Å². The van der Waals surface area contributed by atoms with Gasteiger partial charge in [-0.3, -0.25) is 4.79 Å². The summed E-state index contributed by atoms with van der Waals surface area (Å²) >= 11 is 0. The van der Waals surface area contributed by atoms with Gasteiger partial charge in [0, 0.05) is 6.42 Å². The summed E-state index contributed by atoms with van der Waals surface area (Å²) in [7, 11) is 0. The minimum Gasteiger partial charge on any atom is -0.394 e. The number of aliphatic hydroxyl groups excluding tert-OH is 2. The van der Waals surface area contributed by atoms with Crippen molar-refractivity contribution in [3.05, 3.63) is 122 Å². The molecule has 0 aromatic rings. The van der Waals surface area contributed by atoms with Gasteiger partial charge in [-0.25, -0.2) is 0 Å². The number of unbranched alkanes of at least 4 members (excludes halogenated alkanes) is 25. The van der Waals surface area contributed by atoms with Crippen LogP contribution in [0.25, 0.3) is 0 Å². The average Bonchev–Trinajstić information content (AvgIpc) is 3.33. The van der Waals surface area contributed by atoms with Gasteiger partial charge in [-0.05, 0) is 89.9 Å². The molecule has 2 atom stereocenters. The van der Waals surface area contributed by atoms with Crippen LogP contribution in [0.5, 0.6) is 0 Å². The van der Waals surface area contributed by atoms with Crippen LogP contribution in [-0.2, 0) is 4.79 Å². The first-order valence-corrected chi connectivity index (χ1v) is 28.2. The molecule has 0 bridgehead atoms. The van der Waals surface area contributed by atoms with Crippen LogP contribution in [-0.4, -0.2) is 34.9 Å². The number of hydrogen-bond donors (Lipinski definition) is 3. The number of carbonyl (C=O) groups excluding carboxylic acids is 1. The third kappa shape index (κ3) is 53.6. The van der Waals surface area contributed by atoms with Gasteiger partial charge in [0.2, 0.25) is 5.91 Å². The summed E-state index contributed by atoms with van der Waals surface area (Å²) in [4.78, 5) is 12.5. The number of allylic oxidation sites excluding steroid dienone is 19. The van der Waals surface area contributed by atoms with Gasteiger partial charge in [0.05, 0.1) is 18.8 Å². The largest absolute Gasteiger partial charge is 0.394 e. The highest BCUT2D eigenvalue weighted by Crippen LogP contribution is 2.15. The van der Waals surface area contributed by atoms with Crippen molar-refractivity contribution < 1.29 is 15.0 Å². The Morgan fingerprint density at radius 2 is 0.657 bits per heavy atom. The lowest BCUT2D eigenvalue weighted by atomic mass is 10.0. The number of amides is 1. The minimum absolute atomic E-state index is 0.0788. The fraction of sp³-hybridized carbons (Fsp3) is 0.667. The molecule has 0 heterocycles. The monoisotopic (exact) mass is 926 g/mol. The van der Waals surface area contributed by atoms with Gasteiger partial charge in [-0.1, -0.05) is 277 Å². The third-order valence-electron chi connectivity index (χ3n) is 12.2. The van der Waals surface area contributed by atoms with Gasteiger partial charge in [0.25, 0.3) is 0 Å². The number of nitrogens with one attached hydrogen (secondary N) is 1. The van der Waals surface area contributed by atoms with Gasteiger partial charge < -0.3 is 15.5 Å². The van der Waals surface area contributed by atoms with Crippen molar-refractivity contribution in [2.24, 2.45) is 0 Å². The maximum atomic E-state index is 12.5. The molecule has 0 aromatic heterocycles. The van der Waals surface area contributed by atoms with Gasteiger partial charge >= 0.3 is 0 Å². The van der Waals surface area contributed by atoms with Crippen molar-refractivity contribution in [3.8, 4) is 0 Å². The van der Waals surface area contributed by atoms with E-state index in [0.717, 1.165) is 96.3 Å². The molecule has 0 aliphatic rings. The fourth-order valence-corrected chi connectivity index (χ4v) is 7.94. The summed E-state index contributed by atoms with van der Waals surface area (Å²) in [5, 5.41) is 23.2. The Kier molecular flexibility index (Phi) is 54.4. The molecule has 0 fully saturated rings. The van der Waals surface area contributed by atoms with Gasteiger partial charge in [0.1, 0.15) is 0 Å². The van der Waals surface area contributed by atoms with Crippen molar-refractivity contribution in [2.45, 2.75) is 264 Å². The first kappa shape index (κ1) is 63.8. The molecule has 67 heavy (non-hydrogen) atoms. The lowest BCUT2D eigenvalue weighted by molar-refractivity contribution is -0.123. The highest BCUT2D eigenvalue weighted by atomic mass is 16.3.